The van der Waals surface area contributed by atoms with Crippen LogP contribution < -0.4 is 0 Å². The number of carboxylic acids is 2. The number of carboxylic acid groups (broad SMARTS) is 2. The highest BCUT2D eigenvalue weighted by Gasteiger charge is 2.25. The Morgan fingerprint density at radius 3 is 1.25 bits per heavy atom. The normalized spacial score (nSPS) is 11.4. The average molecular weight is 348 g/mol. The van der Waals surface area contributed by atoms with Crippen molar-refractivity contribution in [1.29, 1.82) is 0 Å². The van der Waals surface area contributed by atoms with Gasteiger partial charge in [0.15, 0.2) is 0 Å². The van der Waals surface area contributed by atoms with E-state index in [4.69, 9.17) is 19.7 Å². The maximum absolute atomic E-state index is 11.6. The highest BCUT2D eigenvalue weighted by molar-refractivity contribution is 6.04. The van der Waals surface area contributed by atoms with E-state index >= 15 is 0 Å². The lowest BCUT2D eigenvalue weighted by molar-refractivity contribution is -0.147. The van der Waals surface area contributed by atoms with Crippen LogP contribution in [0.3, 0.4) is 0 Å². The number of hydrogen-bond acceptors (Lipinski definition) is 8. The van der Waals surface area contributed by atoms with Crippen molar-refractivity contribution in [3.63, 3.8) is 0 Å². The topological polar surface area (TPSA) is 146 Å². The van der Waals surface area contributed by atoms with Crippen LogP contribution in [0.4, 0.5) is 0 Å². The molecule has 0 saturated heterocycles. The first-order chi connectivity index (χ1) is 11.3. The van der Waals surface area contributed by atoms with Crippen molar-refractivity contribution < 1.29 is 48.3 Å². The summed E-state index contributed by atoms with van der Waals surface area (Å²) in [5, 5.41) is 18.2. The first kappa shape index (κ1) is 21.5. The van der Waals surface area contributed by atoms with E-state index in [1.165, 1.54) is 14.2 Å². The van der Waals surface area contributed by atoms with Gasteiger partial charge in [-0.1, -0.05) is 0 Å². The molecule has 24 heavy (non-hydrogen) atoms. The van der Waals surface area contributed by atoms with Crippen LogP contribution in [0.1, 0.15) is 12.8 Å². The number of rotatable bonds is 12. The van der Waals surface area contributed by atoms with Crippen molar-refractivity contribution in [2.24, 2.45) is 0 Å². The van der Waals surface area contributed by atoms with Crippen LogP contribution in [-0.2, 0) is 38.1 Å². The zero-order chi connectivity index (χ0) is 18.5. The van der Waals surface area contributed by atoms with Crippen LogP contribution in [-0.4, -0.2) is 74.7 Å². The first-order valence-electron chi connectivity index (χ1n) is 6.81. The van der Waals surface area contributed by atoms with E-state index in [0.717, 1.165) is 0 Å². The van der Waals surface area contributed by atoms with E-state index < -0.39 is 47.9 Å². The van der Waals surface area contributed by atoms with Gasteiger partial charge in [-0.3, -0.25) is 9.59 Å². The van der Waals surface area contributed by atoms with Crippen LogP contribution in [0.25, 0.3) is 0 Å². The molecule has 10 heteroatoms. The molecule has 2 N–H and O–H groups in total. The van der Waals surface area contributed by atoms with Gasteiger partial charge in [0.2, 0.25) is 0 Å². The molecule has 0 radical (unpaired) electrons. The Labute approximate surface area is 137 Å². The molecule has 136 valence electrons. The minimum atomic E-state index is -1.64. The Balaban J connectivity index is 5.08. The molecule has 0 fully saturated rings. The average Bonchev–Trinajstić information content (AvgIpc) is 2.50. The monoisotopic (exact) mass is 348 g/mol. The largest absolute Gasteiger partial charge is 0.478 e. The quantitative estimate of drug-likeness (QED) is 0.271. The molecular formula is C14H20O10. The van der Waals surface area contributed by atoms with Crippen molar-refractivity contribution in [3.8, 4) is 0 Å². The molecular weight excluding hydrogens is 328 g/mol. The predicted octanol–water partition coefficient (Wildman–Crippen LogP) is -0.388. The summed E-state index contributed by atoms with van der Waals surface area (Å²) in [4.78, 5) is 45.6. The molecule has 0 rings (SSSR count). The zero-order valence-corrected chi connectivity index (χ0v) is 13.4. The van der Waals surface area contributed by atoms with Crippen LogP contribution >= 0.6 is 0 Å². The van der Waals surface area contributed by atoms with Crippen LogP contribution in [0, 0.1) is 0 Å². The van der Waals surface area contributed by atoms with Gasteiger partial charge >= 0.3 is 23.9 Å². The molecule has 0 aromatic rings. The Morgan fingerprint density at radius 1 is 0.667 bits per heavy atom. The van der Waals surface area contributed by atoms with E-state index in [9.17, 15) is 19.2 Å². The third kappa shape index (κ3) is 8.86. The molecule has 0 bridgehead atoms. The summed E-state index contributed by atoms with van der Waals surface area (Å²) in [5.74, 6) is -5.17. The third-order valence-electron chi connectivity index (χ3n) is 2.62. The van der Waals surface area contributed by atoms with Gasteiger partial charge in [-0.15, -0.1) is 0 Å². The molecule has 0 atom stereocenters. The smallest absolute Gasteiger partial charge is 0.332 e. The summed E-state index contributed by atoms with van der Waals surface area (Å²) in [6, 6.07) is 0. The van der Waals surface area contributed by atoms with Crippen LogP contribution in [0.15, 0.2) is 11.1 Å². The second kappa shape index (κ2) is 12.0. The summed E-state index contributed by atoms with van der Waals surface area (Å²) in [7, 11) is 2.77. The summed E-state index contributed by atoms with van der Waals surface area (Å²) in [6.45, 7) is -0.00165. The van der Waals surface area contributed by atoms with Gasteiger partial charge < -0.3 is 29.2 Å². The number of carbonyl (C=O) groups excluding carboxylic acids is 2. The molecule has 0 unspecified atom stereocenters. The van der Waals surface area contributed by atoms with Crippen LogP contribution in [0.2, 0.25) is 0 Å². The predicted molar refractivity (Wildman–Crippen MR) is 77.2 cm³/mol. The molecule has 0 spiro atoms. The van der Waals surface area contributed by atoms with E-state index in [0.29, 0.717) is 0 Å². The first-order valence-corrected chi connectivity index (χ1v) is 6.81. The maximum atomic E-state index is 11.6. The van der Waals surface area contributed by atoms with Gasteiger partial charge in [0.25, 0.3) is 0 Å². The maximum Gasteiger partial charge on any atom is 0.332 e. The van der Waals surface area contributed by atoms with Crippen molar-refractivity contribution in [3.05, 3.63) is 11.1 Å². The van der Waals surface area contributed by atoms with Crippen molar-refractivity contribution in [2.75, 3.05) is 40.6 Å². The molecule has 0 aromatic carbocycles. The Bertz CT molecular complexity index is 450. The summed E-state index contributed by atoms with van der Waals surface area (Å²) in [6.07, 6.45) is -1.60. The molecule has 10 nitrogen and oxygen atoms in total. The molecule has 0 aromatic heterocycles. The van der Waals surface area contributed by atoms with Gasteiger partial charge in [-0.25, -0.2) is 9.59 Å². The molecule has 0 saturated carbocycles. The Hall–Kier alpha value is -2.46. The number of ether oxygens (including phenoxy) is 4. The van der Waals surface area contributed by atoms with E-state index in [2.05, 4.69) is 9.47 Å². The summed E-state index contributed by atoms with van der Waals surface area (Å²) in [5.41, 5.74) is -1.48. The minimum absolute atomic E-state index is 0.107. The SMILES string of the molecule is COCCOC(=O)CC(C(=O)O)=C(CC(=O)OCCOC)C(=O)O. The third-order valence-corrected chi connectivity index (χ3v) is 2.62. The molecule has 0 aliphatic heterocycles. The summed E-state index contributed by atoms with van der Waals surface area (Å²) < 4.78 is 18.7. The van der Waals surface area contributed by atoms with E-state index in [1.807, 2.05) is 0 Å². The Morgan fingerprint density at radius 2 is 1.00 bits per heavy atom. The fraction of sp³-hybridized carbons (Fsp3) is 0.571. The standard InChI is InChI=1S/C14H20O10/c1-21-3-5-23-11(15)7-9(13(17)18)10(14(19)20)8-12(16)24-6-4-22-2/h3-8H2,1-2H3,(H,17,18)(H,19,20). The fourth-order valence-electron chi connectivity index (χ4n) is 1.49. The van der Waals surface area contributed by atoms with Crippen molar-refractivity contribution >= 4 is 23.9 Å². The lowest BCUT2D eigenvalue weighted by atomic mass is 10.0. The van der Waals surface area contributed by atoms with Crippen LogP contribution in [0.5, 0.6) is 0 Å². The highest BCUT2D eigenvalue weighted by Crippen LogP contribution is 2.16. The van der Waals surface area contributed by atoms with Gasteiger partial charge in [0.1, 0.15) is 13.2 Å². The molecule has 0 aliphatic carbocycles. The lowest BCUT2D eigenvalue weighted by Gasteiger charge is -2.09. The second-order valence-electron chi connectivity index (χ2n) is 4.35. The van der Waals surface area contributed by atoms with Gasteiger partial charge in [-0.05, 0) is 0 Å². The van der Waals surface area contributed by atoms with E-state index in [1.54, 1.807) is 0 Å². The number of aliphatic carboxylic acids is 2. The van der Waals surface area contributed by atoms with Crippen molar-refractivity contribution in [1.82, 2.24) is 0 Å². The summed E-state index contributed by atoms with van der Waals surface area (Å²) >= 11 is 0. The zero-order valence-electron chi connectivity index (χ0n) is 13.4. The number of methoxy groups -OCH3 is 2. The number of esters is 2. The second-order valence-corrected chi connectivity index (χ2v) is 4.35. The Kier molecular flexibility index (Phi) is 10.8. The number of hydrogen-bond donors (Lipinski definition) is 2. The molecule has 0 heterocycles. The number of carbonyl (C=O) groups is 4. The van der Waals surface area contributed by atoms with Gasteiger partial charge in [-0.2, -0.15) is 0 Å². The molecule has 0 amide bonds. The van der Waals surface area contributed by atoms with Gasteiger partial charge in [0, 0.05) is 14.2 Å². The highest BCUT2D eigenvalue weighted by atomic mass is 16.6. The van der Waals surface area contributed by atoms with Gasteiger partial charge in [0.05, 0.1) is 37.2 Å². The van der Waals surface area contributed by atoms with Crippen molar-refractivity contribution in [2.45, 2.75) is 12.8 Å². The van der Waals surface area contributed by atoms with E-state index in [-0.39, 0.29) is 26.4 Å². The lowest BCUT2D eigenvalue weighted by Crippen LogP contribution is -2.20. The molecule has 0 aliphatic rings. The fourth-order valence-corrected chi connectivity index (χ4v) is 1.49. The minimum Gasteiger partial charge on any atom is -0.478 e.